The highest BCUT2D eigenvalue weighted by molar-refractivity contribution is 4.73. The van der Waals surface area contributed by atoms with Gasteiger partial charge in [-0.25, -0.2) is 0 Å². The second kappa shape index (κ2) is 4.21. The van der Waals surface area contributed by atoms with Gasteiger partial charge in [-0.1, -0.05) is 6.42 Å². The molecule has 12 heavy (non-hydrogen) atoms. The molecule has 2 fully saturated rings. The molecular formula is C9H17NO2. The summed E-state index contributed by atoms with van der Waals surface area (Å²) in [5, 5.41) is 3.46. The molecule has 2 rings (SSSR count). The Kier molecular flexibility index (Phi) is 2.98. The first-order valence-electron chi connectivity index (χ1n) is 4.88. The number of hydrogen-bond donors (Lipinski definition) is 1. The minimum atomic E-state index is 0.383. The SMILES string of the molecule is C1CCC(COC2COC2)NC1. The largest absolute Gasteiger partial charge is 0.376 e. The molecule has 2 aliphatic rings. The highest BCUT2D eigenvalue weighted by atomic mass is 16.6. The zero-order chi connectivity index (χ0) is 8.23. The van der Waals surface area contributed by atoms with Crippen LogP contribution in [-0.2, 0) is 9.47 Å². The minimum Gasteiger partial charge on any atom is -0.376 e. The molecule has 2 heterocycles. The van der Waals surface area contributed by atoms with E-state index in [0.29, 0.717) is 12.1 Å². The molecule has 0 aromatic heterocycles. The van der Waals surface area contributed by atoms with E-state index in [0.717, 1.165) is 26.4 Å². The lowest BCUT2D eigenvalue weighted by Gasteiger charge is -2.30. The topological polar surface area (TPSA) is 30.5 Å². The van der Waals surface area contributed by atoms with Crippen molar-refractivity contribution in [2.45, 2.75) is 31.4 Å². The van der Waals surface area contributed by atoms with Crippen LogP contribution >= 0.6 is 0 Å². The van der Waals surface area contributed by atoms with Crippen LogP contribution in [0.1, 0.15) is 19.3 Å². The Morgan fingerprint density at radius 3 is 2.83 bits per heavy atom. The van der Waals surface area contributed by atoms with Crippen LogP contribution in [0.25, 0.3) is 0 Å². The average molecular weight is 171 g/mol. The maximum atomic E-state index is 5.63. The number of hydrogen-bond acceptors (Lipinski definition) is 3. The van der Waals surface area contributed by atoms with Gasteiger partial charge in [-0.05, 0) is 19.4 Å². The zero-order valence-electron chi connectivity index (χ0n) is 7.42. The van der Waals surface area contributed by atoms with E-state index in [4.69, 9.17) is 9.47 Å². The predicted octanol–water partition coefficient (Wildman–Crippen LogP) is 0.544. The third-order valence-corrected chi connectivity index (χ3v) is 2.55. The molecule has 0 saturated carbocycles. The second-order valence-electron chi connectivity index (χ2n) is 3.64. The number of ether oxygens (including phenoxy) is 2. The van der Waals surface area contributed by atoms with Crippen molar-refractivity contribution in [2.75, 3.05) is 26.4 Å². The summed E-state index contributed by atoms with van der Waals surface area (Å²) in [5.41, 5.74) is 0. The molecular weight excluding hydrogens is 154 g/mol. The fraction of sp³-hybridized carbons (Fsp3) is 1.00. The van der Waals surface area contributed by atoms with Crippen LogP contribution in [0.3, 0.4) is 0 Å². The molecule has 0 spiro atoms. The Hall–Kier alpha value is -0.120. The average Bonchev–Trinajstić information content (AvgIpc) is 2.04. The van der Waals surface area contributed by atoms with Crippen LogP contribution in [0.2, 0.25) is 0 Å². The third kappa shape index (κ3) is 2.19. The van der Waals surface area contributed by atoms with Gasteiger partial charge in [-0.15, -0.1) is 0 Å². The van der Waals surface area contributed by atoms with Crippen molar-refractivity contribution >= 4 is 0 Å². The van der Waals surface area contributed by atoms with Crippen LogP contribution < -0.4 is 5.32 Å². The van der Waals surface area contributed by atoms with Crippen LogP contribution in [0.5, 0.6) is 0 Å². The van der Waals surface area contributed by atoms with Gasteiger partial charge in [-0.3, -0.25) is 0 Å². The third-order valence-electron chi connectivity index (χ3n) is 2.55. The van der Waals surface area contributed by atoms with Gasteiger partial charge in [-0.2, -0.15) is 0 Å². The Morgan fingerprint density at radius 2 is 2.25 bits per heavy atom. The first-order chi connectivity index (χ1) is 5.95. The normalized spacial score (nSPS) is 31.5. The Bertz CT molecular complexity index is 130. The first-order valence-corrected chi connectivity index (χ1v) is 4.88. The number of piperidine rings is 1. The van der Waals surface area contributed by atoms with E-state index in [1.165, 1.54) is 19.3 Å². The highest BCUT2D eigenvalue weighted by Crippen LogP contribution is 2.10. The standard InChI is InChI=1S/C9H17NO2/c1-2-4-10-8(3-1)5-12-9-6-11-7-9/h8-10H,1-7H2. The molecule has 1 N–H and O–H groups in total. The van der Waals surface area contributed by atoms with Gasteiger partial charge >= 0.3 is 0 Å². The van der Waals surface area contributed by atoms with Gasteiger partial charge in [0.05, 0.1) is 19.8 Å². The molecule has 0 bridgehead atoms. The van der Waals surface area contributed by atoms with Crippen molar-refractivity contribution in [1.29, 1.82) is 0 Å². The fourth-order valence-corrected chi connectivity index (χ4v) is 1.63. The highest BCUT2D eigenvalue weighted by Gasteiger charge is 2.21. The van der Waals surface area contributed by atoms with E-state index in [1.807, 2.05) is 0 Å². The van der Waals surface area contributed by atoms with E-state index in [9.17, 15) is 0 Å². The summed E-state index contributed by atoms with van der Waals surface area (Å²) in [6.45, 7) is 3.63. The molecule has 1 atom stereocenters. The number of nitrogens with one attached hydrogen (secondary N) is 1. The monoisotopic (exact) mass is 171 g/mol. The maximum absolute atomic E-state index is 5.63. The summed E-state index contributed by atoms with van der Waals surface area (Å²) >= 11 is 0. The summed E-state index contributed by atoms with van der Waals surface area (Å²) in [6, 6.07) is 0.597. The zero-order valence-corrected chi connectivity index (χ0v) is 7.42. The lowest BCUT2D eigenvalue weighted by atomic mass is 10.1. The maximum Gasteiger partial charge on any atom is 0.104 e. The fourth-order valence-electron chi connectivity index (χ4n) is 1.63. The predicted molar refractivity (Wildman–Crippen MR) is 46.2 cm³/mol. The van der Waals surface area contributed by atoms with E-state index in [2.05, 4.69) is 5.32 Å². The molecule has 0 radical (unpaired) electrons. The van der Waals surface area contributed by atoms with E-state index in [-0.39, 0.29) is 0 Å². The molecule has 0 aromatic rings. The van der Waals surface area contributed by atoms with Crippen LogP contribution in [-0.4, -0.2) is 38.5 Å². The van der Waals surface area contributed by atoms with Gasteiger partial charge in [0.15, 0.2) is 0 Å². The second-order valence-corrected chi connectivity index (χ2v) is 3.64. The lowest BCUT2D eigenvalue weighted by Crippen LogP contribution is -2.43. The van der Waals surface area contributed by atoms with Crippen molar-refractivity contribution < 1.29 is 9.47 Å². The Balaban J connectivity index is 1.58. The van der Waals surface area contributed by atoms with Crippen molar-refractivity contribution in [3.8, 4) is 0 Å². The molecule has 3 heteroatoms. The summed E-state index contributed by atoms with van der Waals surface area (Å²) < 4.78 is 10.7. The molecule has 70 valence electrons. The van der Waals surface area contributed by atoms with Crippen molar-refractivity contribution in [3.63, 3.8) is 0 Å². The molecule has 3 nitrogen and oxygen atoms in total. The van der Waals surface area contributed by atoms with Gasteiger partial charge in [0.1, 0.15) is 6.10 Å². The molecule has 1 unspecified atom stereocenters. The van der Waals surface area contributed by atoms with E-state index < -0.39 is 0 Å². The number of rotatable bonds is 3. The van der Waals surface area contributed by atoms with Crippen molar-refractivity contribution in [2.24, 2.45) is 0 Å². The summed E-state index contributed by atoms with van der Waals surface area (Å²) in [7, 11) is 0. The molecule has 2 saturated heterocycles. The van der Waals surface area contributed by atoms with Gasteiger partial charge in [0.2, 0.25) is 0 Å². The van der Waals surface area contributed by atoms with Gasteiger partial charge < -0.3 is 14.8 Å². The Morgan fingerprint density at radius 1 is 1.33 bits per heavy atom. The van der Waals surface area contributed by atoms with Crippen LogP contribution in [0.15, 0.2) is 0 Å². The molecule has 0 aliphatic carbocycles. The molecule has 0 amide bonds. The summed E-state index contributed by atoms with van der Waals surface area (Å²) in [6.07, 6.45) is 4.33. The van der Waals surface area contributed by atoms with Crippen LogP contribution in [0.4, 0.5) is 0 Å². The van der Waals surface area contributed by atoms with E-state index in [1.54, 1.807) is 0 Å². The Labute approximate surface area is 73.4 Å². The van der Waals surface area contributed by atoms with Gasteiger partial charge in [0, 0.05) is 6.04 Å². The first kappa shape index (κ1) is 8.48. The lowest BCUT2D eigenvalue weighted by molar-refractivity contribution is -0.133. The smallest absolute Gasteiger partial charge is 0.104 e. The van der Waals surface area contributed by atoms with Crippen molar-refractivity contribution in [3.05, 3.63) is 0 Å². The van der Waals surface area contributed by atoms with Gasteiger partial charge in [0.25, 0.3) is 0 Å². The minimum absolute atomic E-state index is 0.383. The molecule has 2 aliphatic heterocycles. The van der Waals surface area contributed by atoms with Crippen molar-refractivity contribution in [1.82, 2.24) is 5.32 Å². The van der Waals surface area contributed by atoms with Crippen LogP contribution in [0, 0.1) is 0 Å². The summed E-state index contributed by atoms with van der Waals surface area (Å²) in [5.74, 6) is 0. The molecule has 0 aromatic carbocycles. The summed E-state index contributed by atoms with van der Waals surface area (Å²) in [4.78, 5) is 0. The van der Waals surface area contributed by atoms with E-state index >= 15 is 0 Å². The quantitative estimate of drug-likeness (QED) is 0.672.